The molecule has 1 saturated heterocycles. The molecule has 5 nitrogen and oxygen atoms in total. The molecule has 0 atom stereocenters. The molecule has 2 aliphatic rings. The maximum atomic E-state index is 12.9. The zero-order valence-electron chi connectivity index (χ0n) is 17.8. The minimum absolute atomic E-state index is 0. The summed E-state index contributed by atoms with van der Waals surface area (Å²) in [6.45, 7) is 5.08. The quantitative estimate of drug-likeness (QED) is 0.646. The molecule has 3 aromatic rings. The van der Waals surface area contributed by atoms with E-state index in [0.717, 1.165) is 51.3 Å². The van der Waals surface area contributed by atoms with Crippen molar-refractivity contribution in [1.82, 2.24) is 14.8 Å². The zero-order valence-corrected chi connectivity index (χ0v) is 19.5. The summed E-state index contributed by atoms with van der Waals surface area (Å²) in [6.07, 6.45) is 2.05. The van der Waals surface area contributed by atoms with Crippen molar-refractivity contribution in [2.75, 3.05) is 37.6 Å². The third-order valence-electron chi connectivity index (χ3n) is 6.43. The first-order chi connectivity index (χ1) is 14.2. The Hall–Kier alpha value is -2.05. The predicted molar refractivity (Wildman–Crippen MR) is 132 cm³/mol. The molecule has 7 heteroatoms. The normalized spacial score (nSPS) is 16.5. The number of amides is 1. The van der Waals surface area contributed by atoms with E-state index < -0.39 is 0 Å². The van der Waals surface area contributed by atoms with Gasteiger partial charge in [-0.25, -0.2) is 0 Å². The number of aromatic nitrogens is 1. The Morgan fingerprint density at radius 1 is 1.03 bits per heavy atom. The predicted octanol–water partition coefficient (Wildman–Crippen LogP) is 3.56. The molecule has 2 aromatic carbocycles. The summed E-state index contributed by atoms with van der Waals surface area (Å²) < 4.78 is 2.32. The van der Waals surface area contributed by atoms with Gasteiger partial charge in [0.1, 0.15) is 0 Å². The smallest absolute Gasteiger partial charge is 0.241 e. The topological polar surface area (TPSA) is 40.5 Å². The average molecular weight is 461 g/mol. The van der Waals surface area contributed by atoms with Crippen LogP contribution in [0.2, 0.25) is 0 Å². The van der Waals surface area contributed by atoms with Crippen molar-refractivity contribution in [2.24, 2.45) is 7.05 Å². The Bertz CT molecular complexity index is 1050. The van der Waals surface area contributed by atoms with E-state index in [9.17, 15) is 4.79 Å². The second-order valence-electron chi connectivity index (χ2n) is 8.17. The van der Waals surface area contributed by atoms with Gasteiger partial charge in [0.25, 0.3) is 0 Å². The van der Waals surface area contributed by atoms with Crippen LogP contribution in [0.1, 0.15) is 16.8 Å². The minimum Gasteiger partial charge on any atom is -0.347 e. The highest BCUT2D eigenvalue weighted by Gasteiger charge is 2.26. The van der Waals surface area contributed by atoms with Crippen LogP contribution in [0.4, 0.5) is 5.69 Å². The van der Waals surface area contributed by atoms with Crippen molar-refractivity contribution in [3.8, 4) is 0 Å². The molecule has 1 aromatic heterocycles. The van der Waals surface area contributed by atoms with E-state index in [0.29, 0.717) is 6.54 Å². The third-order valence-corrected chi connectivity index (χ3v) is 6.43. The highest BCUT2D eigenvalue weighted by atomic mass is 35.5. The Balaban J connectivity index is 0.00000136. The molecule has 0 aliphatic carbocycles. The molecular weight excluding hydrogens is 431 g/mol. The lowest BCUT2D eigenvalue weighted by Gasteiger charge is -2.34. The van der Waals surface area contributed by atoms with Gasteiger partial charge in [0.15, 0.2) is 0 Å². The number of halogens is 2. The number of fused-ring (bicyclic) bond motifs is 3. The van der Waals surface area contributed by atoms with Crippen LogP contribution in [-0.4, -0.2) is 48.1 Å². The zero-order chi connectivity index (χ0) is 19.8. The third kappa shape index (κ3) is 4.60. The number of carbonyl (C=O) groups is 1. The molecule has 0 spiro atoms. The molecule has 5 rings (SSSR count). The van der Waals surface area contributed by atoms with Crippen LogP contribution >= 0.6 is 24.8 Å². The lowest BCUT2D eigenvalue weighted by atomic mass is 10.1. The van der Waals surface area contributed by atoms with Crippen LogP contribution in [0.3, 0.4) is 0 Å². The van der Waals surface area contributed by atoms with E-state index in [-0.39, 0.29) is 30.7 Å². The molecule has 1 fully saturated rings. The number of hydrogen-bond acceptors (Lipinski definition) is 3. The van der Waals surface area contributed by atoms with Gasteiger partial charge in [0.05, 0.1) is 12.1 Å². The number of benzene rings is 2. The number of nitrogens with zero attached hydrogens (tertiary/aromatic N) is 3. The SMILES string of the molecule is Cl.Cl.Cn1c2c(c3ccc(N4CCN(CCc5ccccc5)CC4=O)cc31)CNCC2. The molecule has 0 radical (unpaired) electrons. The fraction of sp³-hybridized carbons (Fsp3) is 0.375. The van der Waals surface area contributed by atoms with Crippen LogP contribution in [0, 0.1) is 0 Å². The molecule has 0 saturated carbocycles. The molecule has 1 amide bonds. The molecule has 31 heavy (non-hydrogen) atoms. The van der Waals surface area contributed by atoms with Gasteiger partial charge in [-0.15, -0.1) is 24.8 Å². The first kappa shape index (κ1) is 23.6. The highest BCUT2D eigenvalue weighted by Crippen LogP contribution is 2.31. The molecule has 0 bridgehead atoms. The van der Waals surface area contributed by atoms with Crippen molar-refractivity contribution < 1.29 is 4.79 Å². The second kappa shape index (κ2) is 10.0. The summed E-state index contributed by atoms with van der Waals surface area (Å²) >= 11 is 0. The fourth-order valence-electron chi connectivity index (χ4n) is 4.78. The largest absolute Gasteiger partial charge is 0.347 e. The van der Waals surface area contributed by atoms with Crippen LogP contribution in [0.5, 0.6) is 0 Å². The standard InChI is InChI=1S/C24H28N4O.2ClH/c1-26-22-9-11-25-16-21(22)20-8-7-19(15-23(20)26)28-14-13-27(17-24(28)29)12-10-18-5-3-2-4-6-18;;/h2-8,15,25H,9-14,16-17H2,1H3;2*1H. The van der Waals surface area contributed by atoms with E-state index in [2.05, 4.69) is 64.3 Å². The van der Waals surface area contributed by atoms with E-state index in [1.807, 2.05) is 11.0 Å². The molecule has 0 unspecified atom stereocenters. The van der Waals surface area contributed by atoms with Crippen LogP contribution in [-0.2, 0) is 31.2 Å². The Labute approximate surface area is 196 Å². The van der Waals surface area contributed by atoms with Gasteiger partial charge in [0, 0.05) is 63.0 Å². The van der Waals surface area contributed by atoms with Crippen LogP contribution in [0.15, 0.2) is 48.5 Å². The summed E-state index contributed by atoms with van der Waals surface area (Å²) in [4.78, 5) is 17.1. The van der Waals surface area contributed by atoms with Crippen molar-refractivity contribution in [1.29, 1.82) is 0 Å². The number of anilines is 1. The summed E-state index contributed by atoms with van der Waals surface area (Å²) in [5.74, 6) is 0.198. The summed E-state index contributed by atoms with van der Waals surface area (Å²) in [5.41, 5.74) is 6.42. The van der Waals surface area contributed by atoms with E-state index in [1.165, 1.54) is 27.7 Å². The Morgan fingerprint density at radius 3 is 2.61 bits per heavy atom. The minimum atomic E-state index is 0. The summed E-state index contributed by atoms with van der Waals surface area (Å²) in [5, 5.41) is 4.79. The first-order valence-electron chi connectivity index (χ1n) is 10.6. The van der Waals surface area contributed by atoms with Crippen LogP contribution < -0.4 is 10.2 Å². The number of nitrogens with one attached hydrogen (secondary N) is 1. The molecule has 2 aliphatic heterocycles. The van der Waals surface area contributed by atoms with Crippen LogP contribution in [0.25, 0.3) is 10.9 Å². The van der Waals surface area contributed by atoms with Gasteiger partial charge in [-0.05, 0) is 29.7 Å². The monoisotopic (exact) mass is 460 g/mol. The second-order valence-corrected chi connectivity index (χ2v) is 8.17. The van der Waals surface area contributed by atoms with Gasteiger partial charge in [-0.1, -0.05) is 36.4 Å². The molecule has 166 valence electrons. The van der Waals surface area contributed by atoms with Gasteiger partial charge in [0.2, 0.25) is 5.91 Å². The van der Waals surface area contributed by atoms with E-state index >= 15 is 0 Å². The van der Waals surface area contributed by atoms with Crippen molar-refractivity contribution in [3.05, 3.63) is 65.4 Å². The van der Waals surface area contributed by atoms with Gasteiger partial charge in [-0.3, -0.25) is 9.69 Å². The number of carbonyl (C=O) groups excluding carboxylic acids is 1. The Kier molecular flexibility index (Phi) is 7.65. The average Bonchev–Trinajstić information content (AvgIpc) is 3.05. The summed E-state index contributed by atoms with van der Waals surface area (Å²) in [7, 11) is 2.15. The highest BCUT2D eigenvalue weighted by molar-refractivity contribution is 5.98. The molecule has 1 N–H and O–H groups in total. The fourth-order valence-corrected chi connectivity index (χ4v) is 4.78. The van der Waals surface area contributed by atoms with Gasteiger partial charge < -0.3 is 14.8 Å². The maximum Gasteiger partial charge on any atom is 0.241 e. The number of piperazine rings is 1. The van der Waals surface area contributed by atoms with E-state index in [1.54, 1.807) is 0 Å². The lowest BCUT2D eigenvalue weighted by Crippen LogP contribution is -2.50. The summed E-state index contributed by atoms with van der Waals surface area (Å²) in [6, 6.07) is 17.0. The van der Waals surface area contributed by atoms with Crippen molar-refractivity contribution >= 4 is 47.3 Å². The first-order valence-corrected chi connectivity index (χ1v) is 10.6. The van der Waals surface area contributed by atoms with Crippen molar-refractivity contribution in [3.63, 3.8) is 0 Å². The van der Waals surface area contributed by atoms with E-state index in [4.69, 9.17) is 0 Å². The Morgan fingerprint density at radius 2 is 1.84 bits per heavy atom. The number of rotatable bonds is 4. The van der Waals surface area contributed by atoms with Crippen molar-refractivity contribution in [2.45, 2.75) is 19.4 Å². The lowest BCUT2D eigenvalue weighted by molar-refractivity contribution is -0.121. The molecular formula is C24H30Cl2N4O. The van der Waals surface area contributed by atoms with Gasteiger partial charge >= 0.3 is 0 Å². The maximum absolute atomic E-state index is 12.9. The number of hydrogen-bond donors (Lipinski definition) is 1. The molecule has 3 heterocycles. The number of aryl methyl sites for hydroxylation is 1. The van der Waals surface area contributed by atoms with Gasteiger partial charge in [-0.2, -0.15) is 0 Å².